The Labute approximate surface area is 156 Å². The predicted molar refractivity (Wildman–Crippen MR) is 101 cm³/mol. The van der Waals surface area contributed by atoms with Crippen molar-refractivity contribution in [2.75, 3.05) is 0 Å². The molecular weight excluding hydrogens is 352 g/mol. The molecule has 0 amide bonds. The highest BCUT2D eigenvalue weighted by Crippen LogP contribution is 2.50. The summed E-state index contributed by atoms with van der Waals surface area (Å²) in [5.74, 6) is -2.80. The smallest absolute Gasteiger partial charge is 0.330 e. The largest absolute Gasteiger partial charge is 0.480 e. The molecule has 134 valence electrons. The molecule has 1 aliphatic rings. The van der Waals surface area contributed by atoms with Crippen molar-refractivity contribution >= 4 is 35.2 Å². The van der Waals surface area contributed by atoms with E-state index in [-0.39, 0.29) is 11.1 Å². The number of fused-ring (bicyclic) bond motifs is 1. The second-order valence-corrected chi connectivity index (χ2v) is 6.68. The van der Waals surface area contributed by atoms with E-state index in [4.69, 9.17) is 11.6 Å². The minimum atomic E-state index is -2.14. The van der Waals surface area contributed by atoms with Crippen LogP contribution in [0.5, 0.6) is 0 Å². The molecule has 26 heavy (non-hydrogen) atoms. The first kappa shape index (κ1) is 18.2. The van der Waals surface area contributed by atoms with E-state index in [9.17, 15) is 19.8 Å². The van der Waals surface area contributed by atoms with Crippen molar-refractivity contribution in [3.8, 4) is 0 Å². The van der Waals surface area contributed by atoms with Crippen LogP contribution in [-0.2, 0) is 27.8 Å². The van der Waals surface area contributed by atoms with Gasteiger partial charge in [-0.05, 0) is 58.4 Å². The molecule has 4 nitrogen and oxygen atoms in total. The van der Waals surface area contributed by atoms with Crippen LogP contribution in [0.1, 0.15) is 41.7 Å². The maximum atomic E-state index is 12.3. The van der Waals surface area contributed by atoms with Gasteiger partial charge in [0.05, 0.1) is 0 Å². The summed E-state index contributed by atoms with van der Waals surface area (Å²) >= 11 is 6.38. The van der Waals surface area contributed by atoms with E-state index in [1.54, 1.807) is 36.4 Å². The standard InChI is InChI=1S/C21H19ClO4/c1-3-12-9-10-17(22)14(4-2)18(12)16-11-13-7-5-6-8-15(13)21(16,19(23)24)20(25)26/h5-11H,3-4H2,1-2H3,(H,23,24)(H,25,26). The number of carbonyl (C=O) groups is 2. The normalized spacial score (nSPS) is 14.7. The number of carboxylic acid groups (broad SMARTS) is 2. The molecule has 0 saturated heterocycles. The number of benzene rings is 2. The van der Waals surface area contributed by atoms with Crippen LogP contribution in [-0.4, -0.2) is 22.2 Å². The van der Waals surface area contributed by atoms with E-state index >= 15 is 0 Å². The summed E-state index contributed by atoms with van der Waals surface area (Å²) in [7, 11) is 0. The van der Waals surface area contributed by atoms with Crippen molar-refractivity contribution in [1.82, 2.24) is 0 Å². The maximum absolute atomic E-state index is 12.3. The predicted octanol–water partition coefficient (Wildman–Crippen LogP) is 4.43. The Balaban J connectivity index is 2.45. The lowest BCUT2D eigenvalue weighted by atomic mass is 9.72. The van der Waals surface area contributed by atoms with Crippen LogP contribution in [0.15, 0.2) is 36.4 Å². The van der Waals surface area contributed by atoms with E-state index in [2.05, 4.69) is 0 Å². The Morgan fingerprint density at radius 2 is 1.65 bits per heavy atom. The van der Waals surface area contributed by atoms with Gasteiger partial charge >= 0.3 is 11.9 Å². The average molecular weight is 371 g/mol. The van der Waals surface area contributed by atoms with Crippen LogP contribution in [0.3, 0.4) is 0 Å². The summed E-state index contributed by atoms with van der Waals surface area (Å²) in [6.07, 6.45) is 2.90. The Hall–Kier alpha value is -2.59. The molecule has 0 saturated carbocycles. The maximum Gasteiger partial charge on any atom is 0.330 e. The fraction of sp³-hybridized carbons (Fsp3) is 0.238. The monoisotopic (exact) mass is 370 g/mol. The molecular formula is C21H19ClO4. The van der Waals surface area contributed by atoms with Gasteiger partial charge in [0.2, 0.25) is 5.41 Å². The van der Waals surface area contributed by atoms with E-state index in [1.807, 2.05) is 19.9 Å². The molecule has 0 unspecified atom stereocenters. The Morgan fingerprint density at radius 3 is 2.23 bits per heavy atom. The summed E-state index contributed by atoms with van der Waals surface area (Å²) in [6, 6.07) is 10.4. The minimum Gasteiger partial charge on any atom is -0.480 e. The number of carboxylic acids is 2. The fourth-order valence-corrected chi connectivity index (χ4v) is 4.12. The zero-order valence-corrected chi connectivity index (χ0v) is 15.3. The van der Waals surface area contributed by atoms with Crippen LogP contribution in [0.4, 0.5) is 0 Å². The highest BCUT2D eigenvalue weighted by atomic mass is 35.5. The molecule has 2 aromatic rings. The molecule has 0 bridgehead atoms. The summed E-state index contributed by atoms with van der Waals surface area (Å²) < 4.78 is 0. The zero-order valence-electron chi connectivity index (χ0n) is 14.5. The molecule has 0 heterocycles. The fourth-order valence-electron chi connectivity index (χ4n) is 3.83. The number of aryl methyl sites for hydroxylation is 1. The SMILES string of the molecule is CCc1ccc(Cl)c(CC)c1C1=Cc2ccccc2C1(C(=O)O)C(=O)O. The molecule has 2 aromatic carbocycles. The van der Waals surface area contributed by atoms with Crippen molar-refractivity contribution in [3.05, 3.63) is 69.2 Å². The number of rotatable bonds is 5. The van der Waals surface area contributed by atoms with E-state index < -0.39 is 17.4 Å². The summed E-state index contributed by atoms with van der Waals surface area (Å²) in [5, 5.41) is 20.6. The molecule has 1 aliphatic carbocycles. The number of halogens is 1. The Bertz CT molecular complexity index is 929. The van der Waals surface area contributed by atoms with Gasteiger partial charge in [-0.2, -0.15) is 0 Å². The topological polar surface area (TPSA) is 74.6 Å². The highest BCUT2D eigenvalue weighted by molar-refractivity contribution is 6.32. The van der Waals surface area contributed by atoms with Crippen molar-refractivity contribution in [2.24, 2.45) is 0 Å². The van der Waals surface area contributed by atoms with Crippen LogP contribution < -0.4 is 0 Å². The van der Waals surface area contributed by atoms with E-state index in [1.165, 1.54) is 0 Å². The molecule has 0 radical (unpaired) electrons. The summed E-state index contributed by atoms with van der Waals surface area (Å²) in [4.78, 5) is 24.7. The van der Waals surface area contributed by atoms with Gasteiger partial charge < -0.3 is 10.2 Å². The van der Waals surface area contributed by atoms with Gasteiger partial charge in [0.15, 0.2) is 0 Å². The van der Waals surface area contributed by atoms with Crippen molar-refractivity contribution in [3.63, 3.8) is 0 Å². The molecule has 2 N–H and O–H groups in total. The first-order valence-corrected chi connectivity index (χ1v) is 8.86. The average Bonchev–Trinajstić information content (AvgIpc) is 2.97. The van der Waals surface area contributed by atoms with E-state index in [0.717, 1.165) is 11.1 Å². The summed E-state index contributed by atoms with van der Waals surface area (Å²) in [6.45, 7) is 3.88. The molecule has 0 aliphatic heterocycles. The Morgan fingerprint density at radius 1 is 1.00 bits per heavy atom. The second kappa shape index (κ2) is 6.61. The molecule has 0 spiro atoms. The van der Waals surface area contributed by atoms with Crippen LogP contribution in [0.2, 0.25) is 5.02 Å². The van der Waals surface area contributed by atoms with Gasteiger partial charge in [0.1, 0.15) is 0 Å². The second-order valence-electron chi connectivity index (χ2n) is 6.27. The third kappa shape index (κ3) is 2.36. The van der Waals surface area contributed by atoms with Gasteiger partial charge in [-0.15, -0.1) is 0 Å². The first-order chi connectivity index (χ1) is 12.4. The number of hydrogen-bond acceptors (Lipinski definition) is 2. The van der Waals surface area contributed by atoms with Gasteiger partial charge in [0, 0.05) is 5.02 Å². The minimum absolute atomic E-state index is 0.273. The van der Waals surface area contributed by atoms with Crippen molar-refractivity contribution < 1.29 is 19.8 Å². The number of hydrogen-bond donors (Lipinski definition) is 2. The van der Waals surface area contributed by atoms with Gasteiger partial charge in [0.25, 0.3) is 0 Å². The zero-order chi connectivity index (χ0) is 19.1. The Kier molecular flexibility index (Phi) is 4.63. The van der Waals surface area contributed by atoms with E-state index in [0.29, 0.717) is 29.0 Å². The molecule has 0 atom stereocenters. The van der Waals surface area contributed by atoms with Crippen LogP contribution in [0, 0.1) is 0 Å². The van der Waals surface area contributed by atoms with Crippen molar-refractivity contribution in [2.45, 2.75) is 32.1 Å². The molecule has 5 heteroatoms. The quantitative estimate of drug-likeness (QED) is 0.764. The molecule has 3 rings (SSSR count). The van der Waals surface area contributed by atoms with Gasteiger partial charge in [-0.3, -0.25) is 9.59 Å². The molecule has 0 fully saturated rings. The first-order valence-electron chi connectivity index (χ1n) is 8.48. The van der Waals surface area contributed by atoms with Crippen LogP contribution >= 0.6 is 11.6 Å². The lowest BCUT2D eigenvalue weighted by Crippen LogP contribution is -2.43. The lowest BCUT2D eigenvalue weighted by Gasteiger charge is -2.28. The lowest BCUT2D eigenvalue weighted by molar-refractivity contribution is -0.153. The van der Waals surface area contributed by atoms with Crippen LogP contribution in [0.25, 0.3) is 11.6 Å². The number of aliphatic carboxylic acids is 2. The highest BCUT2D eigenvalue weighted by Gasteiger charge is 2.56. The third-order valence-corrected chi connectivity index (χ3v) is 5.41. The summed E-state index contributed by atoms with van der Waals surface area (Å²) in [5.41, 5.74) is 1.32. The molecule has 0 aromatic heterocycles. The van der Waals surface area contributed by atoms with Gasteiger partial charge in [-0.25, -0.2) is 0 Å². The third-order valence-electron chi connectivity index (χ3n) is 5.06. The van der Waals surface area contributed by atoms with Crippen molar-refractivity contribution in [1.29, 1.82) is 0 Å². The van der Waals surface area contributed by atoms with Gasteiger partial charge in [-0.1, -0.05) is 55.8 Å².